The third kappa shape index (κ3) is 2.39. The summed E-state index contributed by atoms with van der Waals surface area (Å²) in [7, 11) is -3.42. The van der Waals surface area contributed by atoms with Gasteiger partial charge in [0.05, 0.1) is 6.10 Å². The van der Waals surface area contributed by atoms with E-state index in [0.29, 0.717) is 17.1 Å². The molecule has 1 aromatic heterocycles. The minimum absolute atomic E-state index is 0.307. The second-order valence-electron chi connectivity index (χ2n) is 3.66. The van der Waals surface area contributed by atoms with Crippen LogP contribution in [0.3, 0.4) is 0 Å². The van der Waals surface area contributed by atoms with Crippen molar-refractivity contribution in [3.63, 3.8) is 0 Å². The molecule has 0 bridgehead atoms. The SMILES string of the molecule is O=S(=O)(NC1CCCC1O)c1cccs1. The number of sulfonamides is 1. The lowest BCUT2D eigenvalue weighted by Gasteiger charge is -2.15. The number of rotatable bonds is 3. The molecule has 2 unspecified atom stereocenters. The van der Waals surface area contributed by atoms with E-state index in [1.165, 1.54) is 11.3 Å². The van der Waals surface area contributed by atoms with Gasteiger partial charge in [-0.3, -0.25) is 0 Å². The third-order valence-corrected chi connectivity index (χ3v) is 5.43. The first-order valence-electron chi connectivity index (χ1n) is 4.83. The van der Waals surface area contributed by atoms with Crippen LogP contribution in [0.4, 0.5) is 0 Å². The van der Waals surface area contributed by atoms with Crippen LogP contribution in [0.5, 0.6) is 0 Å². The summed E-state index contributed by atoms with van der Waals surface area (Å²) in [5.41, 5.74) is 0. The molecule has 4 nitrogen and oxygen atoms in total. The number of thiophene rings is 1. The summed E-state index contributed by atoms with van der Waals surface area (Å²) >= 11 is 1.18. The van der Waals surface area contributed by atoms with E-state index in [2.05, 4.69) is 4.72 Å². The van der Waals surface area contributed by atoms with E-state index >= 15 is 0 Å². The molecule has 1 aliphatic carbocycles. The van der Waals surface area contributed by atoms with E-state index in [1.54, 1.807) is 17.5 Å². The Morgan fingerprint density at radius 3 is 2.80 bits per heavy atom. The molecule has 1 aliphatic rings. The zero-order valence-corrected chi connectivity index (χ0v) is 9.72. The molecule has 84 valence electrons. The maximum Gasteiger partial charge on any atom is 0.250 e. The second kappa shape index (κ2) is 4.21. The van der Waals surface area contributed by atoms with Gasteiger partial charge in [0.25, 0.3) is 0 Å². The molecule has 2 atom stereocenters. The van der Waals surface area contributed by atoms with Gasteiger partial charge in [-0.2, -0.15) is 0 Å². The normalized spacial score (nSPS) is 27.0. The number of aliphatic hydroxyl groups is 1. The van der Waals surface area contributed by atoms with Gasteiger partial charge in [-0.1, -0.05) is 6.07 Å². The van der Waals surface area contributed by atoms with E-state index < -0.39 is 16.1 Å². The molecule has 1 aromatic rings. The summed E-state index contributed by atoms with van der Waals surface area (Å²) in [4.78, 5) is 0. The van der Waals surface area contributed by atoms with Crippen LogP contribution >= 0.6 is 11.3 Å². The summed E-state index contributed by atoms with van der Waals surface area (Å²) in [5, 5.41) is 11.2. The van der Waals surface area contributed by atoms with E-state index in [9.17, 15) is 13.5 Å². The van der Waals surface area contributed by atoms with Crippen molar-refractivity contribution >= 4 is 21.4 Å². The van der Waals surface area contributed by atoms with Crippen LogP contribution in [0, 0.1) is 0 Å². The van der Waals surface area contributed by atoms with Gasteiger partial charge in [-0.25, -0.2) is 13.1 Å². The summed E-state index contributed by atoms with van der Waals surface area (Å²) in [6.07, 6.45) is 1.72. The molecule has 0 aliphatic heterocycles. The molecule has 0 saturated heterocycles. The van der Waals surface area contributed by atoms with Crippen LogP contribution in [0.1, 0.15) is 19.3 Å². The highest BCUT2D eigenvalue weighted by molar-refractivity contribution is 7.91. The van der Waals surface area contributed by atoms with Crippen molar-refractivity contribution in [2.75, 3.05) is 0 Å². The fraction of sp³-hybridized carbons (Fsp3) is 0.556. The van der Waals surface area contributed by atoms with Gasteiger partial charge in [0.2, 0.25) is 10.0 Å². The minimum atomic E-state index is -3.42. The number of nitrogens with one attached hydrogen (secondary N) is 1. The first-order chi connectivity index (χ1) is 7.09. The van der Waals surface area contributed by atoms with Crippen LogP contribution in [0.25, 0.3) is 0 Å². The molecule has 0 spiro atoms. The van der Waals surface area contributed by atoms with Crippen LogP contribution in [0.15, 0.2) is 21.7 Å². The molecule has 0 aromatic carbocycles. The average Bonchev–Trinajstić information content (AvgIpc) is 2.77. The highest BCUT2D eigenvalue weighted by Crippen LogP contribution is 2.22. The lowest BCUT2D eigenvalue weighted by atomic mass is 10.2. The second-order valence-corrected chi connectivity index (χ2v) is 6.55. The van der Waals surface area contributed by atoms with Crippen LogP contribution in [-0.4, -0.2) is 25.7 Å². The van der Waals surface area contributed by atoms with Crippen molar-refractivity contribution < 1.29 is 13.5 Å². The van der Waals surface area contributed by atoms with Gasteiger partial charge in [0.1, 0.15) is 4.21 Å². The minimum Gasteiger partial charge on any atom is -0.391 e. The van der Waals surface area contributed by atoms with Crippen LogP contribution in [0.2, 0.25) is 0 Å². The Morgan fingerprint density at radius 1 is 1.47 bits per heavy atom. The highest BCUT2D eigenvalue weighted by Gasteiger charge is 2.29. The Morgan fingerprint density at radius 2 is 2.27 bits per heavy atom. The molecule has 1 heterocycles. The third-order valence-electron chi connectivity index (χ3n) is 2.55. The first-order valence-corrected chi connectivity index (χ1v) is 7.20. The summed E-state index contributed by atoms with van der Waals surface area (Å²) in [6.45, 7) is 0. The Balaban J connectivity index is 2.11. The molecule has 1 saturated carbocycles. The van der Waals surface area contributed by atoms with E-state index in [0.717, 1.165) is 6.42 Å². The van der Waals surface area contributed by atoms with Crippen molar-refractivity contribution in [2.24, 2.45) is 0 Å². The van der Waals surface area contributed by atoms with Gasteiger partial charge < -0.3 is 5.11 Å². The predicted molar refractivity (Wildman–Crippen MR) is 58.3 cm³/mol. The quantitative estimate of drug-likeness (QED) is 0.835. The van der Waals surface area contributed by atoms with Crippen molar-refractivity contribution in [3.05, 3.63) is 17.5 Å². The Kier molecular flexibility index (Phi) is 3.11. The van der Waals surface area contributed by atoms with Gasteiger partial charge in [0.15, 0.2) is 0 Å². The van der Waals surface area contributed by atoms with Gasteiger partial charge in [-0.05, 0) is 30.7 Å². The molecular formula is C9H13NO3S2. The number of hydrogen-bond acceptors (Lipinski definition) is 4. The first kappa shape index (κ1) is 11.1. The Labute approximate surface area is 93.0 Å². The predicted octanol–water partition coefficient (Wildman–Crippen LogP) is 0.940. The van der Waals surface area contributed by atoms with Crippen molar-refractivity contribution in [2.45, 2.75) is 35.6 Å². The monoisotopic (exact) mass is 247 g/mol. The standard InChI is InChI=1S/C9H13NO3S2/c11-8-4-1-3-7(8)10-15(12,13)9-5-2-6-14-9/h2,5-8,10-11H,1,3-4H2. The molecule has 2 N–H and O–H groups in total. The lowest BCUT2D eigenvalue weighted by molar-refractivity contribution is 0.159. The molecule has 1 fully saturated rings. The topological polar surface area (TPSA) is 66.4 Å². The zero-order valence-electron chi connectivity index (χ0n) is 8.09. The van der Waals surface area contributed by atoms with E-state index in [4.69, 9.17) is 0 Å². The lowest BCUT2D eigenvalue weighted by Crippen LogP contribution is -2.39. The zero-order chi connectivity index (χ0) is 10.9. The number of aliphatic hydroxyl groups excluding tert-OH is 1. The van der Waals surface area contributed by atoms with Gasteiger partial charge >= 0.3 is 0 Å². The molecule has 6 heteroatoms. The van der Waals surface area contributed by atoms with Crippen LogP contribution in [-0.2, 0) is 10.0 Å². The van der Waals surface area contributed by atoms with Crippen molar-refractivity contribution in [1.82, 2.24) is 4.72 Å². The Bertz CT molecular complexity index is 413. The largest absolute Gasteiger partial charge is 0.391 e. The maximum atomic E-state index is 11.8. The molecule has 15 heavy (non-hydrogen) atoms. The molecule has 0 amide bonds. The molecule has 2 rings (SSSR count). The van der Waals surface area contributed by atoms with Gasteiger partial charge in [-0.15, -0.1) is 11.3 Å². The van der Waals surface area contributed by atoms with E-state index in [-0.39, 0.29) is 6.04 Å². The molecule has 0 radical (unpaired) electrons. The highest BCUT2D eigenvalue weighted by atomic mass is 32.2. The van der Waals surface area contributed by atoms with Gasteiger partial charge in [0, 0.05) is 6.04 Å². The summed E-state index contributed by atoms with van der Waals surface area (Å²) in [5.74, 6) is 0. The smallest absolute Gasteiger partial charge is 0.250 e. The van der Waals surface area contributed by atoms with Crippen molar-refractivity contribution in [1.29, 1.82) is 0 Å². The maximum absolute atomic E-state index is 11.8. The fourth-order valence-corrected chi connectivity index (χ4v) is 4.07. The summed E-state index contributed by atoms with van der Waals surface area (Å²) < 4.78 is 26.4. The Hall–Kier alpha value is -0.430. The average molecular weight is 247 g/mol. The number of hydrogen-bond donors (Lipinski definition) is 2. The molecular weight excluding hydrogens is 234 g/mol. The summed E-state index contributed by atoms with van der Waals surface area (Å²) in [6, 6.07) is 2.94. The van der Waals surface area contributed by atoms with Crippen molar-refractivity contribution in [3.8, 4) is 0 Å². The fourth-order valence-electron chi connectivity index (χ4n) is 1.75. The van der Waals surface area contributed by atoms with Crippen LogP contribution < -0.4 is 4.72 Å². The van der Waals surface area contributed by atoms with E-state index in [1.807, 2.05) is 0 Å².